The lowest BCUT2D eigenvalue weighted by Crippen LogP contribution is -2.16. The largest absolute Gasteiger partial charge is 0.326 e. The average molecular weight is 227 g/mol. The Hall–Kier alpha value is -2.20. The van der Waals surface area contributed by atoms with Gasteiger partial charge in [0, 0.05) is 18.3 Å². The first kappa shape index (κ1) is 11.3. The first-order valence-electron chi connectivity index (χ1n) is 5.31. The number of carbonyl (C=O) groups is 1. The Morgan fingerprint density at radius 2 is 1.94 bits per heavy atom. The van der Waals surface area contributed by atoms with E-state index in [4.69, 9.17) is 5.73 Å². The first-order chi connectivity index (χ1) is 8.31. The summed E-state index contributed by atoms with van der Waals surface area (Å²) in [6.07, 6.45) is 1.63. The van der Waals surface area contributed by atoms with E-state index in [1.807, 2.05) is 24.3 Å². The number of nitrogens with two attached hydrogens (primary N) is 1. The molecule has 0 unspecified atom stereocenters. The fourth-order valence-corrected chi connectivity index (χ4v) is 1.54. The molecule has 0 aliphatic rings. The molecule has 86 valence electrons. The molecule has 0 aliphatic carbocycles. The SMILES string of the molecule is NCc1ccccc1C(=O)Nc1ccccn1. The van der Waals surface area contributed by atoms with Crippen molar-refractivity contribution in [1.29, 1.82) is 0 Å². The quantitative estimate of drug-likeness (QED) is 0.840. The van der Waals surface area contributed by atoms with E-state index in [-0.39, 0.29) is 5.91 Å². The standard InChI is InChI=1S/C13H13N3O/c14-9-10-5-1-2-6-11(10)13(17)16-12-7-3-4-8-15-12/h1-8H,9,14H2,(H,15,16,17). The number of aromatic nitrogens is 1. The van der Waals surface area contributed by atoms with Gasteiger partial charge < -0.3 is 11.1 Å². The Labute approximate surface area is 99.5 Å². The molecule has 1 aromatic carbocycles. The number of pyridine rings is 1. The first-order valence-corrected chi connectivity index (χ1v) is 5.31. The minimum absolute atomic E-state index is 0.190. The third-order valence-electron chi connectivity index (χ3n) is 2.39. The zero-order valence-electron chi connectivity index (χ0n) is 9.26. The molecule has 17 heavy (non-hydrogen) atoms. The van der Waals surface area contributed by atoms with Crippen molar-refractivity contribution in [2.24, 2.45) is 5.73 Å². The topological polar surface area (TPSA) is 68.0 Å². The molecule has 2 rings (SSSR count). The lowest BCUT2D eigenvalue weighted by molar-refractivity contribution is 0.102. The van der Waals surface area contributed by atoms with E-state index in [0.717, 1.165) is 5.56 Å². The van der Waals surface area contributed by atoms with E-state index in [1.165, 1.54) is 0 Å². The van der Waals surface area contributed by atoms with E-state index in [2.05, 4.69) is 10.3 Å². The van der Waals surface area contributed by atoms with Gasteiger partial charge in [-0.25, -0.2) is 4.98 Å². The van der Waals surface area contributed by atoms with Crippen LogP contribution in [0.25, 0.3) is 0 Å². The lowest BCUT2D eigenvalue weighted by Gasteiger charge is -2.07. The van der Waals surface area contributed by atoms with Gasteiger partial charge in [0.25, 0.3) is 5.91 Å². The van der Waals surface area contributed by atoms with Gasteiger partial charge in [-0.3, -0.25) is 4.79 Å². The van der Waals surface area contributed by atoms with Crippen molar-refractivity contribution in [2.45, 2.75) is 6.54 Å². The van der Waals surface area contributed by atoms with Crippen LogP contribution in [-0.4, -0.2) is 10.9 Å². The highest BCUT2D eigenvalue weighted by molar-refractivity contribution is 6.04. The summed E-state index contributed by atoms with van der Waals surface area (Å²) in [5.41, 5.74) is 6.99. The maximum absolute atomic E-state index is 12.0. The van der Waals surface area contributed by atoms with Crippen molar-refractivity contribution in [3.05, 3.63) is 59.8 Å². The second-order valence-electron chi connectivity index (χ2n) is 3.53. The number of rotatable bonds is 3. The van der Waals surface area contributed by atoms with E-state index in [9.17, 15) is 4.79 Å². The highest BCUT2D eigenvalue weighted by atomic mass is 16.1. The number of nitrogens with one attached hydrogen (secondary N) is 1. The minimum atomic E-state index is -0.190. The summed E-state index contributed by atoms with van der Waals surface area (Å²) in [6, 6.07) is 12.6. The molecular weight excluding hydrogens is 214 g/mol. The summed E-state index contributed by atoms with van der Waals surface area (Å²) >= 11 is 0. The fraction of sp³-hybridized carbons (Fsp3) is 0.0769. The lowest BCUT2D eigenvalue weighted by atomic mass is 10.1. The van der Waals surface area contributed by atoms with E-state index >= 15 is 0 Å². The van der Waals surface area contributed by atoms with Crippen molar-refractivity contribution >= 4 is 11.7 Å². The predicted octanol–water partition coefficient (Wildman–Crippen LogP) is 1.79. The Bertz CT molecular complexity index is 511. The van der Waals surface area contributed by atoms with Crippen LogP contribution in [0.15, 0.2) is 48.7 Å². The van der Waals surface area contributed by atoms with Crippen LogP contribution in [0.1, 0.15) is 15.9 Å². The summed E-state index contributed by atoms with van der Waals surface area (Å²) in [5, 5.41) is 2.73. The Morgan fingerprint density at radius 3 is 2.65 bits per heavy atom. The number of carbonyl (C=O) groups excluding carboxylic acids is 1. The van der Waals surface area contributed by atoms with Gasteiger partial charge in [0.2, 0.25) is 0 Å². The summed E-state index contributed by atoms with van der Waals surface area (Å²) in [5.74, 6) is 0.342. The fourth-order valence-electron chi connectivity index (χ4n) is 1.54. The number of amides is 1. The molecule has 0 radical (unpaired) electrons. The molecule has 0 fully saturated rings. The maximum atomic E-state index is 12.0. The van der Waals surface area contributed by atoms with Gasteiger partial charge in [0.15, 0.2) is 0 Å². The van der Waals surface area contributed by atoms with E-state index in [0.29, 0.717) is 17.9 Å². The van der Waals surface area contributed by atoms with Crippen LogP contribution in [0.4, 0.5) is 5.82 Å². The molecule has 4 heteroatoms. The van der Waals surface area contributed by atoms with Crippen LogP contribution in [0, 0.1) is 0 Å². The Balaban J connectivity index is 2.20. The van der Waals surface area contributed by atoms with Crippen LogP contribution in [0.2, 0.25) is 0 Å². The molecular formula is C13H13N3O. The molecule has 4 nitrogen and oxygen atoms in total. The molecule has 0 saturated heterocycles. The van der Waals surface area contributed by atoms with Crippen molar-refractivity contribution in [3.8, 4) is 0 Å². The van der Waals surface area contributed by atoms with Gasteiger partial charge in [0.05, 0.1) is 0 Å². The molecule has 1 amide bonds. The van der Waals surface area contributed by atoms with Crippen molar-refractivity contribution in [2.75, 3.05) is 5.32 Å². The monoisotopic (exact) mass is 227 g/mol. The third-order valence-corrected chi connectivity index (χ3v) is 2.39. The highest BCUT2D eigenvalue weighted by Crippen LogP contribution is 2.10. The Morgan fingerprint density at radius 1 is 1.18 bits per heavy atom. The predicted molar refractivity (Wildman–Crippen MR) is 66.5 cm³/mol. The Kier molecular flexibility index (Phi) is 3.47. The van der Waals surface area contributed by atoms with Crippen LogP contribution in [0.3, 0.4) is 0 Å². The highest BCUT2D eigenvalue weighted by Gasteiger charge is 2.09. The van der Waals surface area contributed by atoms with Gasteiger partial charge in [-0.1, -0.05) is 24.3 Å². The summed E-state index contributed by atoms with van der Waals surface area (Å²) < 4.78 is 0. The third kappa shape index (κ3) is 2.68. The van der Waals surface area contributed by atoms with Crippen molar-refractivity contribution in [3.63, 3.8) is 0 Å². The number of anilines is 1. The molecule has 0 bridgehead atoms. The summed E-state index contributed by atoms with van der Waals surface area (Å²) in [4.78, 5) is 16.0. The smallest absolute Gasteiger partial charge is 0.257 e. The molecule has 0 atom stereocenters. The molecule has 0 saturated carbocycles. The van der Waals surface area contributed by atoms with Gasteiger partial charge in [-0.05, 0) is 23.8 Å². The number of benzene rings is 1. The summed E-state index contributed by atoms with van der Waals surface area (Å²) in [6.45, 7) is 0.339. The van der Waals surface area contributed by atoms with Crippen molar-refractivity contribution < 1.29 is 4.79 Å². The summed E-state index contributed by atoms with van der Waals surface area (Å²) in [7, 11) is 0. The molecule has 2 aromatic rings. The van der Waals surface area contributed by atoms with Gasteiger partial charge in [-0.2, -0.15) is 0 Å². The number of hydrogen-bond acceptors (Lipinski definition) is 3. The normalized spacial score (nSPS) is 9.94. The molecule has 1 aromatic heterocycles. The maximum Gasteiger partial charge on any atom is 0.257 e. The van der Waals surface area contributed by atoms with Gasteiger partial charge in [-0.15, -0.1) is 0 Å². The van der Waals surface area contributed by atoms with Crippen LogP contribution >= 0.6 is 0 Å². The molecule has 0 spiro atoms. The van der Waals surface area contributed by atoms with Crippen LogP contribution < -0.4 is 11.1 Å². The second-order valence-corrected chi connectivity index (χ2v) is 3.53. The number of nitrogens with zero attached hydrogens (tertiary/aromatic N) is 1. The minimum Gasteiger partial charge on any atom is -0.326 e. The van der Waals surface area contributed by atoms with Gasteiger partial charge >= 0.3 is 0 Å². The van der Waals surface area contributed by atoms with Crippen LogP contribution in [0.5, 0.6) is 0 Å². The van der Waals surface area contributed by atoms with E-state index < -0.39 is 0 Å². The van der Waals surface area contributed by atoms with Crippen molar-refractivity contribution in [1.82, 2.24) is 4.98 Å². The zero-order valence-corrected chi connectivity index (χ0v) is 9.26. The molecule has 0 aliphatic heterocycles. The average Bonchev–Trinajstić information content (AvgIpc) is 2.40. The zero-order chi connectivity index (χ0) is 12.1. The van der Waals surface area contributed by atoms with E-state index in [1.54, 1.807) is 24.4 Å². The number of hydrogen-bond donors (Lipinski definition) is 2. The molecule has 1 heterocycles. The van der Waals surface area contributed by atoms with Crippen LogP contribution in [-0.2, 0) is 6.54 Å². The molecule has 3 N–H and O–H groups in total. The second kappa shape index (κ2) is 5.23. The van der Waals surface area contributed by atoms with Gasteiger partial charge in [0.1, 0.15) is 5.82 Å².